The van der Waals surface area contributed by atoms with E-state index < -0.39 is 0 Å². The van der Waals surface area contributed by atoms with E-state index in [1.54, 1.807) is 0 Å². The van der Waals surface area contributed by atoms with E-state index in [0.717, 1.165) is 43.0 Å². The van der Waals surface area contributed by atoms with Gasteiger partial charge in [-0.15, -0.1) is 0 Å². The number of carbonyl (C=O) groups is 1. The zero-order chi connectivity index (χ0) is 20.3. The molecule has 2 aromatic carbocycles. The van der Waals surface area contributed by atoms with Crippen LogP contribution in [0, 0.1) is 19.3 Å². The Kier molecular flexibility index (Phi) is 5.97. The lowest BCUT2D eigenvalue weighted by atomic mass is 9.92. The number of anilines is 3. The van der Waals surface area contributed by atoms with Gasteiger partial charge in [-0.05, 0) is 54.7 Å². The van der Waals surface area contributed by atoms with Crippen molar-refractivity contribution in [2.45, 2.75) is 41.0 Å². The van der Waals surface area contributed by atoms with Crippen LogP contribution in [0.3, 0.4) is 0 Å². The number of piperazine rings is 1. The van der Waals surface area contributed by atoms with Crippen molar-refractivity contribution in [3.63, 3.8) is 0 Å². The predicted octanol–water partition coefficient (Wildman–Crippen LogP) is 5.00. The van der Waals surface area contributed by atoms with Crippen molar-refractivity contribution in [3.05, 3.63) is 53.6 Å². The first-order valence-electron chi connectivity index (χ1n) is 10.2. The van der Waals surface area contributed by atoms with Crippen LogP contribution in [0.2, 0.25) is 0 Å². The Morgan fingerprint density at radius 3 is 1.89 bits per heavy atom. The highest BCUT2D eigenvalue weighted by Gasteiger charge is 2.20. The highest BCUT2D eigenvalue weighted by Crippen LogP contribution is 2.29. The van der Waals surface area contributed by atoms with Crippen molar-refractivity contribution < 1.29 is 4.79 Å². The minimum atomic E-state index is -0.00966. The van der Waals surface area contributed by atoms with E-state index in [2.05, 4.69) is 92.2 Å². The van der Waals surface area contributed by atoms with Gasteiger partial charge in [-0.1, -0.05) is 39.0 Å². The zero-order valence-corrected chi connectivity index (χ0v) is 17.9. The summed E-state index contributed by atoms with van der Waals surface area (Å²) in [7, 11) is 0. The molecule has 1 amide bonds. The summed E-state index contributed by atoms with van der Waals surface area (Å²) < 4.78 is 0. The number of nitrogens with one attached hydrogen (secondary N) is 1. The molecular formula is C24H33N3O. The maximum Gasteiger partial charge on any atom is 0.224 e. The molecule has 3 rings (SSSR count). The van der Waals surface area contributed by atoms with Gasteiger partial charge in [0, 0.05) is 49.7 Å². The Morgan fingerprint density at radius 1 is 0.893 bits per heavy atom. The number of benzene rings is 2. The van der Waals surface area contributed by atoms with Crippen molar-refractivity contribution in [1.82, 2.24) is 0 Å². The fraction of sp³-hybridized carbons (Fsp3) is 0.458. The average Bonchev–Trinajstić information content (AvgIpc) is 2.64. The molecule has 2 aromatic rings. The molecule has 4 nitrogen and oxygen atoms in total. The first-order chi connectivity index (χ1) is 13.2. The molecule has 1 N–H and O–H groups in total. The summed E-state index contributed by atoms with van der Waals surface area (Å²) in [5.74, 6) is 0.0860. The molecule has 1 saturated heterocycles. The third-order valence-corrected chi connectivity index (χ3v) is 5.24. The van der Waals surface area contributed by atoms with Crippen LogP contribution in [0.25, 0.3) is 0 Å². The number of amides is 1. The maximum atomic E-state index is 12.4. The number of hydrogen-bond acceptors (Lipinski definition) is 3. The van der Waals surface area contributed by atoms with Gasteiger partial charge in [0.25, 0.3) is 0 Å². The second kappa shape index (κ2) is 8.26. The summed E-state index contributed by atoms with van der Waals surface area (Å²) in [6, 6.07) is 15.0. The van der Waals surface area contributed by atoms with Crippen LogP contribution in [-0.2, 0) is 4.79 Å². The van der Waals surface area contributed by atoms with Crippen molar-refractivity contribution in [3.8, 4) is 0 Å². The molecule has 0 spiro atoms. The Hall–Kier alpha value is -2.49. The second-order valence-electron chi connectivity index (χ2n) is 9.05. The molecule has 0 unspecified atom stereocenters. The van der Waals surface area contributed by atoms with Gasteiger partial charge in [0.2, 0.25) is 5.91 Å². The standard InChI is InChI=1S/C24H33N3O/c1-18-15-21(16-19(2)23(18)25-22(28)17-24(3,4)5)27-13-11-26(12-14-27)20-9-7-6-8-10-20/h6-10,15-16H,11-14,17H2,1-5H3,(H,25,28). The number of rotatable bonds is 4. The Bertz CT molecular complexity index is 792. The van der Waals surface area contributed by atoms with E-state index in [4.69, 9.17) is 0 Å². The number of hydrogen-bond donors (Lipinski definition) is 1. The van der Waals surface area contributed by atoms with Gasteiger partial charge < -0.3 is 15.1 Å². The monoisotopic (exact) mass is 379 g/mol. The van der Waals surface area contributed by atoms with Gasteiger partial charge in [-0.2, -0.15) is 0 Å². The highest BCUT2D eigenvalue weighted by atomic mass is 16.1. The number of carbonyl (C=O) groups excluding carboxylic acids is 1. The summed E-state index contributed by atoms with van der Waals surface area (Å²) in [4.78, 5) is 17.2. The van der Waals surface area contributed by atoms with Crippen LogP contribution in [-0.4, -0.2) is 32.1 Å². The van der Waals surface area contributed by atoms with Crippen molar-refractivity contribution >= 4 is 23.0 Å². The molecule has 150 valence electrons. The fourth-order valence-electron chi connectivity index (χ4n) is 3.85. The lowest BCUT2D eigenvalue weighted by molar-refractivity contribution is -0.117. The minimum absolute atomic E-state index is 0.00966. The van der Waals surface area contributed by atoms with Crippen LogP contribution in [0.15, 0.2) is 42.5 Å². The van der Waals surface area contributed by atoms with Gasteiger partial charge >= 0.3 is 0 Å². The van der Waals surface area contributed by atoms with Crippen LogP contribution in [0.5, 0.6) is 0 Å². The minimum Gasteiger partial charge on any atom is -0.368 e. The number of aryl methyl sites for hydroxylation is 2. The quantitative estimate of drug-likeness (QED) is 0.811. The van der Waals surface area contributed by atoms with Gasteiger partial charge in [0.1, 0.15) is 0 Å². The largest absolute Gasteiger partial charge is 0.368 e. The molecule has 1 aliphatic rings. The molecule has 4 heteroatoms. The first kappa shape index (κ1) is 20.2. The van der Waals surface area contributed by atoms with Crippen LogP contribution in [0.4, 0.5) is 17.1 Å². The lowest BCUT2D eigenvalue weighted by Gasteiger charge is -2.37. The number of para-hydroxylation sites is 1. The molecule has 28 heavy (non-hydrogen) atoms. The maximum absolute atomic E-state index is 12.4. The average molecular weight is 380 g/mol. The Labute approximate surface area is 169 Å². The molecule has 0 atom stereocenters. The molecule has 0 saturated carbocycles. The van der Waals surface area contributed by atoms with Crippen molar-refractivity contribution in [2.75, 3.05) is 41.3 Å². The second-order valence-corrected chi connectivity index (χ2v) is 9.05. The van der Waals surface area contributed by atoms with E-state index >= 15 is 0 Å². The Balaban J connectivity index is 1.67. The fourth-order valence-corrected chi connectivity index (χ4v) is 3.85. The third kappa shape index (κ3) is 5.06. The molecular weight excluding hydrogens is 346 g/mol. The number of nitrogens with zero attached hydrogens (tertiary/aromatic N) is 2. The molecule has 0 aromatic heterocycles. The highest BCUT2D eigenvalue weighted by molar-refractivity contribution is 5.93. The van der Waals surface area contributed by atoms with E-state index in [1.165, 1.54) is 11.4 Å². The lowest BCUT2D eigenvalue weighted by Crippen LogP contribution is -2.46. The smallest absolute Gasteiger partial charge is 0.224 e. The van der Waals surface area contributed by atoms with Crippen LogP contribution >= 0.6 is 0 Å². The molecule has 0 aliphatic carbocycles. The van der Waals surface area contributed by atoms with Gasteiger partial charge in [-0.3, -0.25) is 4.79 Å². The SMILES string of the molecule is Cc1cc(N2CCN(c3ccccc3)CC2)cc(C)c1NC(=O)CC(C)(C)C. The summed E-state index contributed by atoms with van der Waals surface area (Å²) in [6.07, 6.45) is 0.523. The first-order valence-corrected chi connectivity index (χ1v) is 10.2. The summed E-state index contributed by atoms with van der Waals surface area (Å²) in [5, 5.41) is 3.13. The van der Waals surface area contributed by atoms with Crippen molar-refractivity contribution in [2.24, 2.45) is 5.41 Å². The third-order valence-electron chi connectivity index (χ3n) is 5.24. The van der Waals surface area contributed by atoms with E-state index in [-0.39, 0.29) is 11.3 Å². The molecule has 0 radical (unpaired) electrons. The predicted molar refractivity (Wildman–Crippen MR) is 119 cm³/mol. The summed E-state index contributed by atoms with van der Waals surface area (Å²) in [6.45, 7) is 14.5. The molecule has 0 bridgehead atoms. The van der Waals surface area contributed by atoms with E-state index in [0.29, 0.717) is 6.42 Å². The Morgan fingerprint density at radius 2 is 1.39 bits per heavy atom. The van der Waals surface area contributed by atoms with E-state index in [1.807, 2.05) is 0 Å². The zero-order valence-electron chi connectivity index (χ0n) is 17.9. The van der Waals surface area contributed by atoms with E-state index in [9.17, 15) is 4.79 Å². The molecule has 1 aliphatic heterocycles. The van der Waals surface area contributed by atoms with Gasteiger partial charge in [0.05, 0.1) is 0 Å². The topological polar surface area (TPSA) is 35.6 Å². The van der Waals surface area contributed by atoms with Crippen LogP contribution < -0.4 is 15.1 Å². The van der Waals surface area contributed by atoms with Crippen molar-refractivity contribution in [1.29, 1.82) is 0 Å². The molecule has 1 heterocycles. The summed E-state index contributed by atoms with van der Waals surface area (Å²) in [5.41, 5.74) is 5.75. The summed E-state index contributed by atoms with van der Waals surface area (Å²) >= 11 is 0. The normalized spacial score (nSPS) is 14.9. The van der Waals surface area contributed by atoms with Gasteiger partial charge in [0.15, 0.2) is 0 Å². The van der Waals surface area contributed by atoms with Gasteiger partial charge in [-0.25, -0.2) is 0 Å². The van der Waals surface area contributed by atoms with Crippen LogP contribution in [0.1, 0.15) is 38.3 Å². The molecule has 1 fully saturated rings.